The molecule has 0 spiro atoms. The van der Waals surface area contributed by atoms with Gasteiger partial charge in [0.25, 0.3) is 5.91 Å². The Balaban J connectivity index is 1.48. The fraction of sp³-hybridized carbons (Fsp3) is 0.444. The predicted octanol–water partition coefficient (Wildman–Crippen LogP) is 3.94. The summed E-state index contributed by atoms with van der Waals surface area (Å²) >= 11 is 0. The molecular formula is C27H33FN4O3. The second kappa shape index (κ2) is 11.3. The molecule has 0 bridgehead atoms. The minimum Gasteiger partial charge on any atom is -0.367 e. The average Bonchev–Trinajstić information content (AvgIpc) is 3.43. The molecule has 0 unspecified atom stereocenters. The number of rotatable bonds is 7. The monoisotopic (exact) mass is 480 g/mol. The van der Waals surface area contributed by atoms with Crippen LogP contribution in [0.3, 0.4) is 0 Å². The summed E-state index contributed by atoms with van der Waals surface area (Å²) in [6, 6.07) is 11.3. The van der Waals surface area contributed by atoms with Crippen molar-refractivity contribution in [2.45, 2.75) is 45.6 Å². The summed E-state index contributed by atoms with van der Waals surface area (Å²) in [5.41, 5.74) is 2.57. The van der Waals surface area contributed by atoms with E-state index in [1.807, 2.05) is 11.0 Å². The Morgan fingerprint density at radius 3 is 2.31 bits per heavy atom. The normalized spacial score (nSPS) is 16.3. The van der Waals surface area contributed by atoms with Gasteiger partial charge < -0.3 is 20.4 Å². The maximum absolute atomic E-state index is 13.2. The zero-order valence-electron chi connectivity index (χ0n) is 20.2. The molecule has 2 fully saturated rings. The molecule has 2 aliphatic rings. The van der Waals surface area contributed by atoms with Crippen LogP contribution in [0.25, 0.3) is 0 Å². The molecule has 2 aromatic rings. The number of nitrogens with one attached hydrogen (secondary N) is 2. The molecule has 186 valence electrons. The highest BCUT2D eigenvalue weighted by Crippen LogP contribution is 2.29. The van der Waals surface area contributed by atoms with E-state index < -0.39 is 0 Å². The first-order valence-electron chi connectivity index (χ1n) is 12.4. The van der Waals surface area contributed by atoms with Gasteiger partial charge in [-0.25, -0.2) is 4.39 Å². The molecule has 4 rings (SSSR count). The molecule has 0 atom stereocenters. The van der Waals surface area contributed by atoms with Crippen molar-refractivity contribution in [3.05, 3.63) is 59.4 Å². The summed E-state index contributed by atoms with van der Waals surface area (Å²) in [7, 11) is 0. The summed E-state index contributed by atoms with van der Waals surface area (Å²) in [6.07, 6.45) is 4.58. The van der Waals surface area contributed by atoms with Gasteiger partial charge in [-0.1, -0.05) is 31.9 Å². The van der Waals surface area contributed by atoms with Crippen LogP contribution < -0.4 is 15.5 Å². The third kappa shape index (κ3) is 6.18. The zero-order chi connectivity index (χ0) is 24.8. The fourth-order valence-corrected chi connectivity index (χ4v) is 4.80. The Morgan fingerprint density at radius 2 is 1.66 bits per heavy atom. The minimum absolute atomic E-state index is 0.130. The minimum atomic E-state index is -0.327. The van der Waals surface area contributed by atoms with E-state index in [9.17, 15) is 18.8 Å². The van der Waals surface area contributed by atoms with E-state index in [4.69, 9.17) is 0 Å². The molecule has 1 heterocycles. The Kier molecular flexibility index (Phi) is 8.00. The lowest BCUT2D eigenvalue weighted by molar-refractivity contribution is -0.135. The SMILES string of the molecule is CCC(=O)Nc1ccc(N2CCN(C(=O)C3CCCC3)CC2)c(C(=O)NCc2ccc(F)cc2)c1. The Hall–Kier alpha value is -3.42. The van der Waals surface area contributed by atoms with Crippen LogP contribution in [0.1, 0.15) is 54.9 Å². The van der Waals surface area contributed by atoms with Crippen LogP contribution in [0, 0.1) is 11.7 Å². The highest BCUT2D eigenvalue weighted by atomic mass is 19.1. The van der Waals surface area contributed by atoms with Crippen LogP contribution in [0.15, 0.2) is 42.5 Å². The number of piperazine rings is 1. The molecule has 1 saturated carbocycles. The van der Waals surface area contributed by atoms with Crippen molar-refractivity contribution < 1.29 is 18.8 Å². The summed E-state index contributed by atoms with van der Waals surface area (Å²) < 4.78 is 13.2. The van der Waals surface area contributed by atoms with Gasteiger partial charge in [0.1, 0.15) is 5.82 Å². The van der Waals surface area contributed by atoms with Crippen molar-refractivity contribution in [3.8, 4) is 0 Å². The first kappa shape index (κ1) is 24.7. The van der Waals surface area contributed by atoms with E-state index in [0.29, 0.717) is 43.9 Å². The van der Waals surface area contributed by atoms with Gasteiger partial charge in [0.15, 0.2) is 0 Å². The van der Waals surface area contributed by atoms with Crippen molar-refractivity contribution in [2.75, 3.05) is 36.4 Å². The molecule has 3 amide bonds. The van der Waals surface area contributed by atoms with E-state index in [1.165, 1.54) is 12.1 Å². The van der Waals surface area contributed by atoms with Crippen LogP contribution in [0.4, 0.5) is 15.8 Å². The van der Waals surface area contributed by atoms with Gasteiger partial charge in [-0.2, -0.15) is 0 Å². The van der Waals surface area contributed by atoms with Gasteiger partial charge in [-0.3, -0.25) is 14.4 Å². The summed E-state index contributed by atoms with van der Waals surface area (Å²) in [5, 5.41) is 5.73. The number of amides is 3. The number of anilines is 2. The number of carbonyl (C=O) groups excluding carboxylic acids is 3. The molecule has 1 saturated heterocycles. The fourth-order valence-electron chi connectivity index (χ4n) is 4.80. The van der Waals surface area contributed by atoms with Crippen molar-refractivity contribution >= 4 is 29.1 Å². The van der Waals surface area contributed by atoms with Crippen LogP contribution in [0.2, 0.25) is 0 Å². The van der Waals surface area contributed by atoms with Crippen molar-refractivity contribution in [1.82, 2.24) is 10.2 Å². The lowest BCUT2D eigenvalue weighted by Gasteiger charge is -2.38. The van der Waals surface area contributed by atoms with Gasteiger partial charge in [-0.15, -0.1) is 0 Å². The van der Waals surface area contributed by atoms with Crippen LogP contribution in [0.5, 0.6) is 0 Å². The maximum Gasteiger partial charge on any atom is 0.253 e. The van der Waals surface area contributed by atoms with Crippen LogP contribution in [-0.2, 0) is 16.1 Å². The first-order valence-corrected chi connectivity index (χ1v) is 12.4. The summed E-state index contributed by atoms with van der Waals surface area (Å²) in [6.45, 7) is 4.55. The molecule has 0 aromatic heterocycles. The molecule has 8 heteroatoms. The molecule has 35 heavy (non-hydrogen) atoms. The Labute approximate surface area is 205 Å². The Bertz CT molecular complexity index is 1060. The third-order valence-electron chi connectivity index (χ3n) is 6.85. The first-order chi connectivity index (χ1) is 16.9. The standard InChI is InChI=1S/C27H33FN4O3/c1-2-25(33)30-22-11-12-24(23(17-22)26(34)29-18-19-7-9-21(28)10-8-19)31-13-15-32(16-14-31)27(35)20-5-3-4-6-20/h7-12,17,20H,2-6,13-16,18H2,1H3,(H,29,34)(H,30,33). The third-order valence-corrected chi connectivity index (χ3v) is 6.85. The summed E-state index contributed by atoms with van der Waals surface area (Å²) in [4.78, 5) is 42.0. The number of benzene rings is 2. The van der Waals surface area contributed by atoms with E-state index in [-0.39, 0.29) is 36.0 Å². The number of carbonyl (C=O) groups is 3. The number of hydrogen-bond donors (Lipinski definition) is 2. The molecule has 1 aliphatic heterocycles. The molecule has 1 aliphatic carbocycles. The smallest absolute Gasteiger partial charge is 0.253 e. The van der Waals surface area contributed by atoms with Gasteiger partial charge in [0, 0.05) is 56.4 Å². The Morgan fingerprint density at radius 1 is 0.971 bits per heavy atom. The van der Waals surface area contributed by atoms with Gasteiger partial charge in [0.2, 0.25) is 11.8 Å². The highest BCUT2D eigenvalue weighted by molar-refractivity contribution is 6.02. The van der Waals surface area contributed by atoms with E-state index in [0.717, 1.165) is 36.9 Å². The van der Waals surface area contributed by atoms with Crippen LogP contribution in [-0.4, -0.2) is 48.8 Å². The number of halogens is 1. The van der Waals surface area contributed by atoms with Crippen molar-refractivity contribution in [2.24, 2.45) is 5.92 Å². The topological polar surface area (TPSA) is 81.8 Å². The van der Waals surface area contributed by atoms with Gasteiger partial charge >= 0.3 is 0 Å². The lowest BCUT2D eigenvalue weighted by Crippen LogP contribution is -2.50. The van der Waals surface area contributed by atoms with Gasteiger partial charge in [-0.05, 0) is 48.7 Å². The maximum atomic E-state index is 13.2. The van der Waals surface area contributed by atoms with Crippen molar-refractivity contribution in [1.29, 1.82) is 0 Å². The zero-order valence-corrected chi connectivity index (χ0v) is 20.2. The second-order valence-electron chi connectivity index (χ2n) is 9.24. The van der Waals surface area contributed by atoms with E-state index in [1.54, 1.807) is 31.2 Å². The molecule has 2 N–H and O–H groups in total. The molecule has 7 nitrogen and oxygen atoms in total. The van der Waals surface area contributed by atoms with Gasteiger partial charge in [0.05, 0.1) is 5.56 Å². The number of hydrogen-bond acceptors (Lipinski definition) is 4. The van der Waals surface area contributed by atoms with E-state index in [2.05, 4.69) is 15.5 Å². The number of nitrogens with zero attached hydrogens (tertiary/aromatic N) is 2. The average molecular weight is 481 g/mol. The highest BCUT2D eigenvalue weighted by Gasteiger charge is 2.30. The summed E-state index contributed by atoms with van der Waals surface area (Å²) in [5.74, 6) is -0.309. The predicted molar refractivity (Wildman–Crippen MR) is 134 cm³/mol. The van der Waals surface area contributed by atoms with Crippen molar-refractivity contribution in [3.63, 3.8) is 0 Å². The molecule has 0 radical (unpaired) electrons. The largest absolute Gasteiger partial charge is 0.367 e. The quantitative estimate of drug-likeness (QED) is 0.629. The van der Waals surface area contributed by atoms with E-state index >= 15 is 0 Å². The molecule has 2 aromatic carbocycles. The van der Waals surface area contributed by atoms with Crippen LogP contribution >= 0.6 is 0 Å². The second-order valence-corrected chi connectivity index (χ2v) is 9.24. The molecular weight excluding hydrogens is 447 g/mol. The lowest BCUT2D eigenvalue weighted by atomic mass is 10.1.